The Balaban J connectivity index is 2.27. The Labute approximate surface area is 100 Å². The second-order valence-electron chi connectivity index (χ2n) is 3.76. The molecule has 1 N–H and O–H groups in total. The molecule has 2 rings (SSSR count). The summed E-state index contributed by atoms with van der Waals surface area (Å²) in [7, 11) is 0. The Hall–Kier alpha value is -0.680. The van der Waals surface area contributed by atoms with Crippen molar-refractivity contribution in [2.45, 2.75) is 25.4 Å². The maximum Gasteiger partial charge on any atom is 0.264 e. The molecule has 0 saturated heterocycles. The van der Waals surface area contributed by atoms with Crippen molar-refractivity contribution >= 4 is 15.9 Å². The van der Waals surface area contributed by atoms with Crippen molar-refractivity contribution in [2.24, 2.45) is 0 Å². The first-order chi connectivity index (χ1) is 7.58. The molecule has 1 unspecified atom stereocenters. The highest BCUT2D eigenvalue weighted by atomic mass is 79.9. The molecule has 5 heteroatoms. The van der Waals surface area contributed by atoms with Crippen molar-refractivity contribution in [2.75, 3.05) is 6.61 Å². The standard InChI is InChI=1S/C11H11BrF2O2/c12-8-3-6-1-2-16-10(6)7(4-8)5-9(15)11(13)14/h3-4,9,11,15H,1-2,5H2. The molecule has 0 amide bonds. The maximum atomic E-state index is 12.3. The Kier molecular flexibility index (Phi) is 3.44. The van der Waals surface area contributed by atoms with Gasteiger partial charge < -0.3 is 9.84 Å². The minimum atomic E-state index is -2.73. The zero-order valence-electron chi connectivity index (χ0n) is 8.42. The summed E-state index contributed by atoms with van der Waals surface area (Å²) in [5, 5.41) is 9.18. The molecule has 0 aliphatic carbocycles. The summed E-state index contributed by atoms with van der Waals surface area (Å²) in [6, 6.07) is 3.64. The molecule has 16 heavy (non-hydrogen) atoms. The van der Waals surface area contributed by atoms with Gasteiger partial charge in [-0.2, -0.15) is 0 Å². The largest absolute Gasteiger partial charge is 0.493 e. The number of hydrogen-bond donors (Lipinski definition) is 1. The average molecular weight is 293 g/mol. The number of aliphatic hydroxyl groups excluding tert-OH is 1. The van der Waals surface area contributed by atoms with Crippen LogP contribution in [-0.4, -0.2) is 24.2 Å². The van der Waals surface area contributed by atoms with Crippen LogP contribution in [0.2, 0.25) is 0 Å². The van der Waals surface area contributed by atoms with Crippen LogP contribution in [0.3, 0.4) is 0 Å². The molecule has 0 aromatic heterocycles. The van der Waals surface area contributed by atoms with Crippen LogP contribution in [0.15, 0.2) is 16.6 Å². The molecular formula is C11H11BrF2O2. The van der Waals surface area contributed by atoms with E-state index in [4.69, 9.17) is 4.74 Å². The highest BCUT2D eigenvalue weighted by Gasteiger charge is 2.23. The molecule has 1 aromatic rings. The molecule has 0 fully saturated rings. The molecule has 0 radical (unpaired) electrons. The van der Waals surface area contributed by atoms with E-state index in [0.29, 0.717) is 17.9 Å². The van der Waals surface area contributed by atoms with Crippen molar-refractivity contribution in [3.63, 3.8) is 0 Å². The van der Waals surface area contributed by atoms with Crippen molar-refractivity contribution in [1.82, 2.24) is 0 Å². The van der Waals surface area contributed by atoms with E-state index >= 15 is 0 Å². The van der Waals surface area contributed by atoms with E-state index in [9.17, 15) is 13.9 Å². The molecule has 0 bridgehead atoms. The summed E-state index contributed by atoms with van der Waals surface area (Å²) in [5.41, 5.74) is 1.64. The number of alkyl halides is 2. The van der Waals surface area contributed by atoms with Crippen LogP contribution >= 0.6 is 15.9 Å². The topological polar surface area (TPSA) is 29.5 Å². The number of aliphatic hydroxyl groups is 1. The predicted molar refractivity (Wildman–Crippen MR) is 59.1 cm³/mol. The van der Waals surface area contributed by atoms with Crippen LogP contribution in [0.1, 0.15) is 11.1 Å². The minimum absolute atomic E-state index is 0.0839. The fourth-order valence-corrected chi connectivity index (χ4v) is 2.36. The summed E-state index contributed by atoms with van der Waals surface area (Å²) in [6.45, 7) is 0.573. The Morgan fingerprint density at radius 2 is 2.19 bits per heavy atom. The lowest BCUT2D eigenvalue weighted by Gasteiger charge is -2.13. The van der Waals surface area contributed by atoms with Gasteiger partial charge in [0.05, 0.1) is 6.61 Å². The van der Waals surface area contributed by atoms with Crippen LogP contribution in [-0.2, 0) is 12.8 Å². The third-order valence-electron chi connectivity index (χ3n) is 2.55. The van der Waals surface area contributed by atoms with Crippen molar-refractivity contribution in [3.05, 3.63) is 27.7 Å². The van der Waals surface area contributed by atoms with Gasteiger partial charge in [0.15, 0.2) is 0 Å². The third-order valence-corrected chi connectivity index (χ3v) is 3.00. The number of rotatable bonds is 3. The van der Waals surface area contributed by atoms with Gasteiger partial charge in [-0.3, -0.25) is 0 Å². The molecule has 1 aliphatic rings. The van der Waals surface area contributed by atoms with Gasteiger partial charge in [0.25, 0.3) is 6.43 Å². The lowest BCUT2D eigenvalue weighted by Crippen LogP contribution is -2.20. The van der Waals surface area contributed by atoms with Crippen molar-refractivity contribution in [1.29, 1.82) is 0 Å². The Morgan fingerprint density at radius 1 is 1.44 bits per heavy atom. The van der Waals surface area contributed by atoms with Crippen molar-refractivity contribution < 1.29 is 18.6 Å². The Morgan fingerprint density at radius 3 is 2.88 bits per heavy atom. The third kappa shape index (κ3) is 2.35. The average Bonchev–Trinajstić information content (AvgIpc) is 2.65. The van der Waals surface area contributed by atoms with E-state index in [-0.39, 0.29) is 6.42 Å². The van der Waals surface area contributed by atoms with Crippen LogP contribution in [0.25, 0.3) is 0 Å². The van der Waals surface area contributed by atoms with E-state index in [1.807, 2.05) is 6.07 Å². The van der Waals surface area contributed by atoms with E-state index in [1.54, 1.807) is 6.07 Å². The van der Waals surface area contributed by atoms with E-state index < -0.39 is 12.5 Å². The SMILES string of the molecule is OC(Cc1cc(Br)cc2c1OCC2)C(F)F. The van der Waals surface area contributed by atoms with E-state index in [1.165, 1.54) is 0 Å². The van der Waals surface area contributed by atoms with Gasteiger partial charge in [0.2, 0.25) is 0 Å². The maximum absolute atomic E-state index is 12.3. The van der Waals surface area contributed by atoms with Gasteiger partial charge in [0, 0.05) is 17.3 Å². The van der Waals surface area contributed by atoms with E-state index in [0.717, 1.165) is 16.5 Å². The highest BCUT2D eigenvalue weighted by Crippen LogP contribution is 2.34. The second-order valence-corrected chi connectivity index (χ2v) is 4.67. The molecule has 0 spiro atoms. The van der Waals surface area contributed by atoms with Gasteiger partial charge in [-0.25, -0.2) is 8.78 Å². The first kappa shape index (κ1) is 11.8. The second kappa shape index (κ2) is 4.67. The van der Waals surface area contributed by atoms with Crippen LogP contribution in [0.4, 0.5) is 8.78 Å². The summed E-state index contributed by atoms with van der Waals surface area (Å²) in [5.74, 6) is 0.655. The first-order valence-corrected chi connectivity index (χ1v) is 5.77. The zero-order valence-corrected chi connectivity index (χ0v) is 10.0. The molecule has 1 aromatic carbocycles. The smallest absolute Gasteiger partial charge is 0.264 e. The lowest BCUT2D eigenvalue weighted by molar-refractivity contribution is -0.00391. The monoisotopic (exact) mass is 292 g/mol. The fourth-order valence-electron chi connectivity index (χ4n) is 1.81. The zero-order chi connectivity index (χ0) is 11.7. The summed E-state index contributed by atoms with van der Waals surface area (Å²) < 4.78 is 30.7. The molecule has 1 aliphatic heterocycles. The van der Waals surface area contributed by atoms with Gasteiger partial charge in [0.1, 0.15) is 11.9 Å². The molecular weight excluding hydrogens is 282 g/mol. The van der Waals surface area contributed by atoms with Gasteiger partial charge in [-0.05, 0) is 23.3 Å². The molecule has 1 heterocycles. The van der Waals surface area contributed by atoms with Gasteiger partial charge in [-0.1, -0.05) is 15.9 Å². The van der Waals surface area contributed by atoms with Crippen molar-refractivity contribution in [3.8, 4) is 5.75 Å². The van der Waals surface area contributed by atoms with Gasteiger partial charge >= 0.3 is 0 Å². The van der Waals surface area contributed by atoms with Crippen LogP contribution in [0.5, 0.6) is 5.75 Å². The summed E-state index contributed by atoms with van der Waals surface area (Å²) in [6.07, 6.45) is -3.66. The normalized spacial score (nSPS) is 16.1. The lowest BCUT2D eigenvalue weighted by atomic mass is 10.0. The molecule has 88 valence electrons. The molecule has 0 saturated carbocycles. The Bertz CT molecular complexity index is 396. The number of fused-ring (bicyclic) bond motifs is 1. The van der Waals surface area contributed by atoms with E-state index in [2.05, 4.69) is 15.9 Å². The number of halogens is 3. The number of hydrogen-bond acceptors (Lipinski definition) is 2. The van der Waals surface area contributed by atoms with Gasteiger partial charge in [-0.15, -0.1) is 0 Å². The fraction of sp³-hybridized carbons (Fsp3) is 0.455. The highest BCUT2D eigenvalue weighted by molar-refractivity contribution is 9.10. The summed E-state index contributed by atoms with van der Waals surface area (Å²) >= 11 is 3.32. The minimum Gasteiger partial charge on any atom is -0.493 e. The number of benzene rings is 1. The summed E-state index contributed by atoms with van der Waals surface area (Å²) in [4.78, 5) is 0. The molecule has 2 nitrogen and oxygen atoms in total. The first-order valence-electron chi connectivity index (χ1n) is 4.98. The van der Waals surface area contributed by atoms with Crippen LogP contribution in [0, 0.1) is 0 Å². The predicted octanol–water partition coefficient (Wildman–Crippen LogP) is 2.55. The van der Waals surface area contributed by atoms with Crippen LogP contribution < -0.4 is 4.74 Å². The number of ether oxygens (including phenoxy) is 1. The molecule has 1 atom stereocenters. The quantitative estimate of drug-likeness (QED) is 0.928.